The summed E-state index contributed by atoms with van der Waals surface area (Å²) in [7, 11) is 0. The molecule has 5 nitrogen and oxygen atoms in total. The normalized spacial score (nSPS) is 13.1. The molecule has 2 aromatic rings. The standard InChI is InChI=1S/C13H20N4OS/c1-8(2)5-12-16-11(17-18-12)6-14-10(4)13-15-9(3)7-19-13/h7-8,10,14H,5-6H2,1-4H3/t10-/m0/s1. The van der Waals surface area contributed by atoms with Gasteiger partial charge < -0.3 is 9.84 Å². The fraction of sp³-hybridized carbons (Fsp3) is 0.615. The van der Waals surface area contributed by atoms with E-state index in [1.807, 2.05) is 6.92 Å². The van der Waals surface area contributed by atoms with Gasteiger partial charge in [0.05, 0.1) is 12.6 Å². The van der Waals surface area contributed by atoms with Gasteiger partial charge in [0.25, 0.3) is 0 Å². The van der Waals surface area contributed by atoms with Crippen LogP contribution in [0.3, 0.4) is 0 Å². The Labute approximate surface area is 117 Å². The molecule has 2 heterocycles. The van der Waals surface area contributed by atoms with E-state index in [4.69, 9.17) is 4.52 Å². The highest BCUT2D eigenvalue weighted by Gasteiger charge is 2.12. The molecule has 2 aromatic heterocycles. The summed E-state index contributed by atoms with van der Waals surface area (Å²) in [5.41, 5.74) is 1.06. The van der Waals surface area contributed by atoms with Gasteiger partial charge in [-0.3, -0.25) is 0 Å². The number of hydrogen-bond acceptors (Lipinski definition) is 6. The summed E-state index contributed by atoms with van der Waals surface area (Å²) >= 11 is 1.67. The zero-order chi connectivity index (χ0) is 13.8. The van der Waals surface area contributed by atoms with Crippen LogP contribution in [0.4, 0.5) is 0 Å². The van der Waals surface area contributed by atoms with Crippen molar-refractivity contribution in [2.24, 2.45) is 5.92 Å². The molecule has 104 valence electrons. The van der Waals surface area contributed by atoms with E-state index in [2.05, 4.69) is 46.6 Å². The van der Waals surface area contributed by atoms with Gasteiger partial charge in [-0.05, 0) is 19.8 Å². The number of nitrogens with one attached hydrogen (secondary N) is 1. The largest absolute Gasteiger partial charge is 0.339 e. The van der Waals surface area contributed by atoms with Gasteiger partial charge in [0.2, 0.25) is 5.89 Å². The minimum Gasteiger partial charge on any atom is -0.339 e. The fourth-order valence-corrected chi connectivity index (χ4v) is 2.53. The number of nitrogens with zero attached hydrogens (tertiary/aromatic N) is 3. The third-order valence-corrected chi connectivity index (χ3v) is 3.81. The first-order valence-corrected chi connectivity index (χ1v) is 7.39. The zero-order valence-corrected chi connectivity index (χ0v) is 12.6. The minimum absolute atomic E-state index is 0.200. The molecular formula is C13H20N4OS. The molecule has 0 unspecified atom stereocenters. The van der Waals surface area contributed by atoms with Crippen molar-refractivity contribution in [2.75, 3.05) is 0 Å². The summed E-state index contributed by atoms with van der Waals surface area (Å²) in [5.74, 6) is 1.94. The highest BCUT2D eigenvalue weighted by Crippen LogP contribution is 2.17. The Morgan fingerprint density at radius 3 is 2.74 bits per heavy atom. The molecule has 6 heteroatoms. The number of aromatic nitrogens is 3. The summed E-state index contributed by atoms with van der Waals surface area (Å²) in [6.45, 7) is 8.96. The van der Waals surface area contributed by atoms with E-state index >= 15 is 0 Å². The zero-order valence-electron chi connectivity index (χ0n) is 11.8. The smallest absolute Gasteiger partial charge is 0.226 e. The Kier molecular flexibility index (Phi) is 4.66. The number of thiazole rings is 1. The summed E-state index contributed by atoms with van der Waals surface area (Å²) < 4.78 is 5.20. The molecule has 0 aliphatic rings. The van der Waals surface area contributed by atoms with Crippen LogP contribution in [0.5, 0.6) is 0 Å². The van der Waals surface area contributed by atoms with E-state index in [1.165, 1.54) is 0 Å². The van der Waals surface area contributed by atoms with Crippen molar-refractivity contribution < 1.29 is 4.52 Å². The van der Waals surface area contributed by atoms with Crippen LogP contribution >= 0.6 is 11.3 Å². The molecule has 2 rings (SSSR count). The number of rotatable bonds is 6. The summed E-state index contributed by atoms with van der Waals surface area (Å²) in [4.78, 5) is 8.82. The fourth-order valence-electron chi connectivity index (χ4n) is 1.70. The summed E-state index contributed by atoms with van der Waals surface area (Å²) in [6.07, 6.45) is 0.828. The van der Waals surface area contributed by atoms with Gasteiger partial charge in [0.15, 0.2) is 5.82 Å². The van der Waals surface area contributed by atoms with Gasteiger partial charge in [0, 0.05) is 17.5 Å². The second-order valence-corrected chi connectivity index (χ2v) is 6.02. The molecule has 0 saturated heterocycles. The lowest BCUT2D eigenvalue weighted by atomic mass is 10.1. The highest BCUT2D eigenvalue weighted by molar-refractivity contribution is 7.09. The lowest BCUT2D eigenvalue weighted by molar-refractivity contribution is 0.357. The highest BCUT2D eigenvalue weighted by atomic mass is 32.1. The van der Waals surface area contributed by atoms with Gasteiger partial charge in [0.1, 0.15) is 5.01 Å². The van der Waals surface area contributed by atoms with Crippen LogP contribution in [-0.2, 0) is 13.0 Å². The maximum absolute atomic E-state index is 5.20. The van der Waals surface area contributed by atoms with Crippen LogP contribution in [0.15, 0.2) is 9.90 Å². The molecule has 1 N–H and O–H groups in total. The molecule has 0 aromatic carbocycles. The van der Waals surface area contributed by atoms with Crippen LogP contribution in [0.1, 0.15) is 49.2 Å². The number of aryl methyl sites for hydroxylation is 1. The molecule has 0 aliphatic heterocycles. The molecule has 0 spiro atoms. The van der Waals surface area contributed by atoms with E-state index < -0.39 is 0 Å². The van der Waals surface area contributed by atoms with E-state index in [-0.39, 0.29) is 6.04 Å². The van der Waals surface area contributed by atoms with Crippen molar-refractivity contribution in [3.05, 3.63) is 27.8 Å². The molecule has 0 radical (unpaired) electrons. The first kappa shape index (κ1) is 14.1. The third-order valence-electron chi connectivity index (χ3n) is 2.67. The maximum atomic E-state index is 5.20. The third kappa shape index (κ3) is 4.11. The van der Waals surface area contributed by atoms with E-state index in [1.54, 1.807) is 11.3 Å². The van der Waals surface area contributed by atoms with Crippen LogP contribution in [0.2, 0.25) is 0 Å². The molecule has 0 fully saturated rings. The Morgan fingerprint density at radius 2 is 2.11 bits per heavy atom. The van der Waals surface area contributed by atoms with Crippen LogP contribution in [-0.4, -0.2) is 15.1 Å². The molecule has 0 saturated carbocycles. The Balaban J connectivity index is 1.86. The van der Waals surface area contributed by atoms with Crippen LogP contribution in [0.25, 0.3) is 0 Å². The molecular weight excluding hydrogens is 260 g/mol. The summed E-state index contributed by atoms with van der Waals surface area (Å²) in [5, 5.41) is 10.5. The monoisotopic (exact) mass is 280 g/mol. The lowest BCUT2D eigenvalue weighted by Gasteiger charge is -2.08. The minimum atomic E-state index is 0.200. The topological polar surface area (TPSA) is 63.8 Å². The van der Waals surface area contributed by atoms with Crippen LogP contribution < -0.4 is 5.32 Å². The second kappa shape index (κ2) is 6.25. The summed E-state index contributed by atoms with van der Waals surface area (Å²) in [6, 6.07) is 0.200. The van der Waals surface area contributed by atoms with Crippen molar-refractivity contribution in [3.8, 4) is 0 Å². The average Bonchev–Trinajstić information content (AvgIpc) is 2.94. The van der Waals surface area contributed by atoms with Crippen molar-refractivity contribution in [3.63, 3.8) is 0 Å². The first-order chi connectivity index (χ1) is 9.04. The molecule has 1 atom stereocenters. The van der Waals surface area contributed by atoms with E-state index in [0.717, 1.165) is 17.1 Å². The Hall–Kier alpha value is -1.27. The van der Waals surface area contributed by atoms with Crippen molar-refractivity contribution >= 4 is 11.3 Å². The first-order valence-electron chi connectivity index (χ1n) is 6.51. The van der Waals surface area contributed by atoms with Crippen molar-refractivity contribution in [1.82, 2.24) is 20.4 Å². The van der Waals surface area contributed by atoms with Gasteiger partial charge in [-0.2, -0.15) is 4.98 Å². The van der Waals surface area contributed by atoms with Gasteiger partial charge in [-0.25, -0.2) is 4.98 Å². The Morgan fingerprint density at radius 1 is 1.32 bits per heavy atom. The van der Waals surface area contributed by atoms with E-state index in [0.29, 0.717) is 24.2 Å². The number of hydrogen-bond donors (Lipinski definition) is 1. The molecule has 0 amide bonds. The van der Waals surface area contributed by atoms with Gasteiger partial charge in [-0.1, -0.05) is 19.0 Å². The quantitative estimate of drug-likeness (QED) is 0.881. The van der Waals surface area contributed by atoms with Crippen molar-refractivity contribution in [1.29, 1.82) is 0 Å². The molecule has 19 heavy (non-hydrogen) atoms. The van der Waals surface area contributed by atoms with Crippen LogP contribution in [0, 0.1) is 12.8 Å². The molecule has 0 bridgehead atoms. The van der Waals surface area contributed by atoms with Gasteiger partial charge in [-0.15, -0.1) is 11.3 Å². The SMILES string of the molecule is Cc1csc([C@H](C)NCc2noc(CC(C)C)n2)n1. The van der Waals surface area contributed by atoms with Crippen molar-refractivity contribution in [2.45, 2.75) is 46.7 Å². The molecule has 0 aliphatic carbocycles. The van der Waals surface area contributed by atoms with Gasteiger partial charge >= 0.3 is 0 Å². The maximum Gasteiger partial charge on any atom is 0.226 e. The predicted molar refractivity (Wildman–Crippen MR) is 74.9 cm³/mol. The average molecular weight is 280 g/mol. The Bertz CT molecular complexity index is 520. The lowest BCUT2D eigenvalue weighted by Crippen LogP contribution is -2.18. The second-order valence-electron chi connectivity index (χ2n) is 5.13. The van der Waals surface area contributed by atoms with E-state index in [9.17, 15) is 0 Å². The predicted octanol–water partition coefficient (Wildman–Crippen LogP) is 2.88.